The Balaban J connectivity index is 1.38. The number of thioether (sulfide) groups is 1. The van der Waals surface area contributed by atoms with Crippen LogP contribution in [0.15, 0.2) is 23.4 Å². The van der Waals surface area contributed by atoms with Crippen LogP contribution >= 0.6 is 11.8 Å². The summed E-state index contributed by atoms with van der Waals surface area (Å²) >= 11 is 1.31. The van der Waals surface area contributed by atoms with Gasteiger partial charge in [-0.05, 0) is 31.0 Å². The molecule has 7 nitrogen and oxygen atoms in total. The van der Waals surface area contributed by atoms with E-state index in [1.807, 2.05) is 0 Å². The molecule has 0 aliphatic carbocycles. The second-order valence-electron chi connectivity index (χ2n) is 5.28. The molecular weight excluding hydrogens is 318 g/mol. The number of Topliss-reactive ketones (excluding diaryl/α,β-unsaturated/α-hetero) is 1. The van der Waals surface area contributed by atoms with E-state index >= 15 is 0 Å². The maximum Gasteiger partial charge on any atom is 0.231 e. The molecule has 0 amide bonds. The van der Waals surface area contributed by atoms with Crippen LogP contribution in [-0.2, 0) is 4.74 Å². The van der Waals surface area contributed by atoms with E-state index < -0.39 is 0 Å². The Hall–Kier alpha value is -2.06. The normalized spacial score (nSPS) is 19.2. The predicted octanol–water partition coefficient (Wildman–Crippen LogP) is 2.36. The van der Waals surface area contributed by atoms with E-state index in [1.165, 1.54) is 11.8 Å². The average molecular weight is 333 g/mol. The van der Waals surface area contributed by atoms with Crippen LogP contribution in [-0.4, -0.2) is 40.1 Å². The molecule has 120 valence electrons. The molecule has 1 N–H and O–H groups in total. The number of ketones is 1. The van der Waals surface area contributed by atoms with Crippen LogP contribution in [0.1, 0.15) is 35.1 Å². The number of nitrogens with one attached hydrogen (secondary N) is 1. The Bertz CT molecular complexity index is 727. The summed E-state index contributed by atoms with van der Waals surface area (Å²) in [5, 5.41) is 7.58. The lowest BCUT2D eigenvalue weighted by atomic mass is 10.1. The lowest BCUT2D eigenvalue weighted by Crippen LogP contribution is -2.02. The Morgan fingerprint density at radius 2 is 2.26 bits per heavy atom. The molecule has 1 fully saturated rings. The van der Waals surface area contributed by atoms with E-state index in [0.29, 0.717) is 22.2 Å². The summed E-state index contributed by atoms with van der Waals surface area (Å²) in [6.07, 6.45) is 1.99. The number of ether oxygens (including phenoxy) is 3. The van der Waals surface area contributed by atoms with Crippen LogP contribution in [0, 0.1) is 0 Å². The standard InChI is InChI=1S/C15H15N3O4S/c19-10(9-3-4-11-13(6-9)22-8-21-11)7-23-15-16-14(17-18-15)12-2-1-5-20-12/h3-4,6,12H,1-2,5,7-8H2,(H,16,17,18). The maximum absolute atomic E-state index is 12.3. The third kappa shape index (κ3) is 3.04. The highest BCUT2D eigenvalue weighted by Crippen LogP contribution is 2.33. The highest BCUT2D eigenvalue weighted by Gasteiger charge is 2.22. The summed E-state index contributed by atoms with van der Waals surface area (Å²) in [4.78, 5) is 16.7. The van der Waals surface area contributed by atoms with E-state index in [0.717, 1.165) is 25.3 Å². The molecule has 1 unspecified atom stereocenters. The van der Waals surface area contributed by atoms with Gasteiger partial charge < -0.3 is 14.2 Å². The van der Waals surface area contributed by atoms with Gasteiger partial charge in [-0.15, -0.1) is 5.10 Å². The summed E-state index contributed by atoms with van der Waals surface area (Å²) < 4.78 is 16.1. The SMILES string of the molecule is O=C(CSc1n[nH]c(C2CCCO2)n1)c1ccc2c(c1)OCO2. The van der Waals surface area contributed by atoms with Crippen molar-refractivity contribution in [2.24, 2.45) is 0 Å². The predicted molar refractivity (Wildman–Crippen MR) is 81.9 cm³/mol. The van der Waals surface area contributed by atoms with Crippen molar-refractivity contribution >= 4 is 17.5 Å². The van der Waals surface area contributed by atoms with Gasteiger partial charge in [-0.25, -0.2) is 4.98 Å². The van der Waals surface area contributed by atoms with Crippen molar-refractivity contribution in [3.05, 3.63) is 29.6 Å². The number of carbonyl (C=O) groups excluding carboxylic acids is 1. The molecule has 2 aromatic rings. The van der Waals surface area contributed by atoms with Crippen molar-refractivity contribution in [3.63, 3.8) is 0 Å². The molecule has 2 aliphatic heterocycles. The first-order valence-electron chi connectivity index (χ1n) is 7.39. The molecule has 0 saturated carbocycles. The second-order valence-corrected chi connectivity index (χ2v) is 6.23. The van der Waals surface area contributed by atoms with Crippen molar-refractivity contribution in [2.45, 2.75) is 24.1 Å². The first-order chi connectivity index (χ1) is 11.3. The summed E-state index contributed by atoms with van der Waals surface area (Å²) in [5.74, 6) is 2.28. The molecule has 2 aliphatic rings. The zero-order valence-corrected chi connectivity index (χ0v) is 13.1. The van der Waals surface area contributed by atoms with Crippen LogP contribution in [0.25, 0.3) is 0 Å². The molecule has 0 radical (unpaired) electrons. The molecule has 1 aromatic heterocycles. The van der Waals surface area contributed by atoms with Gasteiger partial charge in [0.05, 0.1) is 5.75 Å². The summed E-state index contributed by atoms with van der Waals surface area (Å²) in [6.45, 7) is 0.960. The molecule has 0 spiro atoms. The zero-order chi connectivity index (χ0) is 15.6. The number of aromatic amines is 1. The number of hydrogen-bond acceptors (Lipinski definition) is 7. The van der Waals surface area contributed by atoms with Crippen LogP contribution in [0.5, 0.6) is 11.5 Å². The Kier molecular flexibility index (Phi) is 3.92. The van der Waals surface area contributed by atoms with Gasteiger partial charge >= 0.3 is 0 Å². The van der Waals surface area contributed by atoms with Gasteiger partial charge in [0.15, 0.2) is 23.1 Å². The molecule has 3 heterocycles. The van der Waals surface area contributed by atoms with Crippen molar-refractivity contribution in [3.8, 4) is 11.5 Å². The van der Waals surface area contributed by atoms with Crippen LogP contribution < -0.4 is 9.47 Å². The monoisotopic (exact) mass is 333 g/mol. The third-order valence-electron chi connectivity index (χ3n) is 3.74. The average Bonchev–Trinajstić information content (AvgIpc) is 3.32. The molecule has 8 heteroatoms. The number of hydrogen-bond donors (Lipinski definition) is 1. The molecular formula is C15H15N3O4S. The summed E-state index contributed by atoms with van der Waals surface area (Å²) in [6, 6.07) is 5.20. The van der Waals surface area contributed by atoms with E-state index in [9.17, 15) is 4.79 Å². The molecule has 0 bridgehead atoms. The minimum absolute atomic E-state index is 0.00131. The van der Waals surface area contributed by atoms with Crippen molar-refractivity contribution in [2.75, 3.05) is 19.2 Å². The van der Waals surface area contributed by atoms with E-state index in [2.05, 4.69) is 15.2 Å². The van der Waals surface area contributed by atoms with Crippen LogP contribution in [0.4, 0.5) is 0 Å². The Morgan fingerprint density at radius 3 is 3.13 bits per heavy atom. The topological polar surface area (TPSA) is 86.3 Å². The molecule has 1 saturated heterocycles. The van der Waals surface area contributed by atoms with Crippen LogP contribution in [0.2, 0.25) is 0 Å². The number of nitrogens with zero attached hydrogens (tertiary/aromatic N) is 2. The third-order valence-corrected chi connectivity index (χ3v) is 4.59. The zero-order valence-electron chi connectivity index (χ0n) is 12.3. The van der Waals surface area contributed by atoms with E-state index in [-0.39, 0.29) is 24.4 Å². The van der Waals surface area contributed by atoms with Crippen molar-refractivity contribution < 1.29 is 19.0 Å². The Morgan fingerprint density at radius 1 is 1.35 bits per heavy atom. The second kappa shape index (κ2) is 6.21. The molecule has 4 rings (SSSR count). The first kappa shape index (κ1) is 14.5. The van der Waals surface area contributed by atoms with E-state index in [1.54, 1.807) is 18.2 Å². The molecule has 23 heavy (non-hydrogen) atoms. The number of rotatable bonds is 5. The summed E-state index contributed by atoms with van der Waals surface area (Å²) in [7, 11) is 0. The fraction of sp³-hybridized carbons (Fsp3) is 0.400. The van der Waals surface area contributed by atoms with E-state index in [4.69, 9.17) is 14.2 Å². The van der Waals surface area contributed by atoms with Gasteiger partial charge in [-0.2, -0.15) is 0 Å². The van der Waals surface area contributed by atoms with Crippen molar-refractivity contribution in [1.29, 1.82) is 0 Å². The van der Waals surface area contributed by atoms with Gasteiger partial charge in [0.25, 0.3) is 0 Å². The maximum atomic E-state index is 12.3. The minimum Gasteiger partial charge on any atom is -0.454 e. The highest BCUT2D eigenvalue weighted by molar-refractivity contribution is 7.99. The van der Waals surface area contributed by atoms with Gasteiger partial charge in [0.1, 0.15) is 6.10 Å². The summed E-state index contributed by atoms with van der Waals surface area (Å²) in [5.41, 5.74) is 0.594. The van der Waals surface area contributed by atoms with Gasteiger partial charge in [0.2, 0.25) is 11.9 Å². The quantitative estimate of drug-likeness (QED) is 0.664. The fourth-order valence-electron chi connectivity index (χ4n) is 2.54. The van der Waals surface area contributed by atoms with Gasteiger partial charge in [0, 0.05) is 12.2 Å². The fourth-order valence-corrected chi connectivity index (χ4v) is 3.24. The molecule has 1 atom stereocenters. The minimum atomic E-state index is -0.00299. The molecule has 1 aromatic carbocycles. The Labute approximate surface area is 136 Å². The smallest absolute Gasteiger partial charge is 0.231 e. The largest absolute Gasteiger partial charge is 0.454 e. The highest BCUT2D eigenvalue weighted by atomic mass is 32.2. The van der Waals surface area contributed by atoms with Gasteiger partial charge in [-0.3, -0.25) is 9.89 Å². The number of fused-ring (bicyclic) bond motifs is 1. The lowest BCUT2D eigenvalue weighted by Gasteiger charge is -2.03. The lowest BCUT2D eigenvalue weighted by molar-refractivity contribution is 0.102. The van der Waals surface area contributed by atoms with Crippen LogP contribution in [0.3, 0.4) is 0 Å². The number of benzene rings is 1. The first-order valence-corrected chi connectivity index (χ1v) is 8.38. The van der Waals surface area contributed by atoms with Crippen molar-refractivity contribution in [1.82, 2.24) is 15.2 Å². The van der Waals surface area contributed by atoms with Gasteiger partial charge in [-0.1, -0.05) is 11.8 Å². The number of H-pyrrole nitrogens is 1. The number of aromatic nitrogens is 3. The number of carbonyl (C=O) groups is 1.